The van der Waals surface area contributed by atoms with E-state index in [1.807, 2.05) is 12.1 Å². The Morgan fingerprint density at radius 2 is 1.68 bits per heavy atom. The number of hydrogen-bond acceptors (Lipinski definition) is 3. The van der Waals surface area contributed by atoms with E-state index in [2.05, 4.69) is 5.32 Å². The molecule has 0 atom stereocenters. The number of carbonyl (C=O) groups is 2. The first-order valence-corrected chi connectivity index (χ1v) is 10.4. The quantitative estimate of drug-likeness (QED) is 0.587. The average molecular weight is 436 g/mol. The Morgan fingerprint density at radius 3 is 2.45 bits per heavy atom. The van der Waals surface area contributed by atoms with Crippen LogP contribution >= 0.6 is 11.8 Å². The number of carbonyl (C=O) groups excluding carboxylic acids is 2. The Kier molecular flexibility index (Phi) is 6.13. The molecule has 0 bridgehead atoms. The summed E-state index contributed by atoms with van der Waals surface area (Å²) in [5.74, 6) is -1.50. The number of hydrogen-bond donors (Lipinski definition) is 1. The number of rotatable bonds is 5. The molecule has 1 N–H and O–H groups in total. The Labute approximate surface area is 182 Å². The molecule has 4 rings (SSSR count). The number of nitrogens with one attached hydrogen (secondary N) is 1. The summed E-state index contributed by atoms with van der Waals surface area (Å²) in [5.41, 5.74) is 1.68. The van der Waals surface area contributed by atoms with Crippen LogP contribution in [0.25, 0.3) is 6.08 Å². The van der Waals surface area contributed by atoms with Crippen LogP contribution in [0.3, 0.4) is 0 Å². The molecule has 0 aromatic heterocycles. The van der Waals surface area contributed by atoms with Crippen LogP contribution in [0, 0.1) is 11.6 Å². The monoisotopic (exact) mass is 436 g/mol. The van der Waals surface area contributed by atoms with Gasteiger partial charge in [0, 0.05) is 17.0 Å². The topological polar surface area (TPSA) is 49.4 Å². The predicted molar refractivity (Wildman–Crippen MR) is 117 cm³/mol. The number of anilines is 1. The zero-order valence-electron chi connectivity index (χ0n) is 16.3. The molecule has 3 aromatic rings. The Morgan fingerprint density at radius 1 is 0.968 bits per heavy atom. The minimum atomic E-state index is -0.425. The first-order valence-electron chi connectivity index (χ1n) is 9.57. The minimum absolute atomic E-state index is 0.188. The molecular formula is C24H18F2N2O2S. The number of halogens is 2. The molecule has 0 saturated carbocycles. The lowest BCUT2D eigenvalue weighted by atomic mass is 10.2. The molecule has 156 valence electrons. The van der Waals surface area contributed by atoms with E-state index < -0.39 is 5.82 Å². The van der Waals surface area contributed by atoms with Gasteiger partial charge in [0.1, 0.15) is 18.2 Å². The fraction of sp³-hybridized carbons (Fsp3) is 0.0833. The lowest BCUT2D eigenvalue weighted by Crippen LogP contribution is -2.42. The number of thioether (sulfide) groups is 1. The van der Waals surface area contributed by atoms with Crippen molar-refractivity contribution in [3.63, 3.8) is 0 Å². The van der Waals surface area contributed by atoms with Crippen molar-refractivity contribution in [3.8, 4) is 0 Å². The van der Waals surface area contributed by atoms with Gasteiger partial charge in [-0.1, -0.05) is 54.2 Å². The summed E-state index contributed by atoms with van der Waals surface area (Å²) in [6, 6.07) is 19.3. The van der Waals surface area contributed by atoms with E-state index in [1.54, 1.807) is 42.5 Å². The molecule has 1 aliphatic heterocycles. The Bertz CT molecular complexity index is 1160. The van der Waals surface area contributed by atoms with Crippen LogP contribution in [0.1, 0.15) is 11.1 Å². The average Bonchev–Trinajstić information content (AvgIpc) is 2.77. The largest absolute Gasteiger partial charge is 0.350 e. The minimum Gasteiger partial charge on any atom is -0.350 e. The maximum Gasteiger partial charge on any atom is 0.265 e. The Balaban J connectivity index is 1.55. The van der Waals surface area contributed by atoms with Gasteiger partial charge in [0.05, 0.1) is 10.6 Å². The standard InChI is InChI=1S/C24H18F2N2O2S/c25-18-11-9-16(10-12-18)14-27-23(29)15-28-20-7-3-4-8-21(20)31-22(24(28)30)13-17-5-1-2-6-19(17)26/h1-13H,14-15H2,(H,27,29). The van der Waals surface area contributed by atoms with Crippen LogP contribution < -0.4 is 10.2 Å². The van der Waals surface area contributed by atoms with Crippen molar-refractivity contribution in [2.45, 2.75) is 11.4 Å². The third-order valence-corrected chi connectivity index (χ3v) is 5.81. The van der Waals surface area contributed by atoms with E-state index in [9.17, 15) is 18.4 Å². The number of benzene rings is 3. The third kappa shape index (κ3) is 4.83. The van der Waals surface area contributed by atoms with Crippen LogP contribution in [0.15, 0.2) is 82.6 Å². The zero-order valence-corrected chi connectivity index (χ0v) is 17.2. The van der Waals surface area contributed by atoms with Gasteiger partial charge in [-0.25, -0.2) is 8.78 Å². The number of para-hydroxylation sites is 1. The normalized spacial score (nSPS) is 14.5. The van der Waals surface area contributed by atoms with Crippen molar-refractivity contribution in [2.24, 2.45) is 0 Å². The summed E-state index contributed by atoms with van der Waals surface area (Å²) >= 11 is 1.25. The van der Waals surface area contributed by atoms with E-state index in [0.717, 1.165) is 10.5 Å². The number of amides is 2. The highest BCUT2D eigenvalue weighted by atomic mass is 32.2. The summed E-state index contributed by atoms with van der Waals surface area (Å²) in [5, 5.41) is 2.75. The van der Waals surface area contributed by atoms with Crippen LogP contribution in [-0.4, -0.2) is 18.4 Å². The van der Waals surface area contributed by atoms with Gasteiger partial charge in [0.25, 0.3) is 5.91 Å². The lowest BCUT2D eigenvalue weighted by Gasteiger charge is -2.29. The maximum atomic E-state index is 14.1. The van der Waals surface area contributed by atoms with Crippen LogP contribution in [0.2, 0.25) is 0 Å². The summed E-state index contributed by atoms with van der Waals surface area (Å²) in [4.78, 5) is 28.2. The number of fused-ring (bicyclic) bond motifs is 1. The van der Waals surface area contributed by atoms with Crippen LogP contribution in [0.5, 0.6) is 0 Å². The van der Waals surface area contributed by atoms with E-state index in [4.69, 9.17) is 0 Å². The molecule has 1 heterocycles. The molecular weight excluding hydrogens is 418 g/mol. The summed E-state index contributed by atoms with van der Waals surface area (Å²) in [6.45, 7) is 0.0294. The molecule has 1 aliphatic rings. The zero-order chi connectivity index (χ0) is 21.8. The van der Waals surface area contributed by atoms with Gasteiger partial charge in [-0.2, -0.15) is 0 Å². The van der Waals surface area contributed by atoms with E-state index in [0.29, 0.717) is 16.2 Å². The highest BCUT2D eigenvalue weighted by Crippen LogP contribution is 2.42. The van der Waals surface area contributed by atoms with E-state index >= 15 is 0 Å². The van der Waals surface area contributed by atoms with Crippen molar-refractivity contribution in [3.05, 3.63) is 100 Å². The first-order chi connectivity index (χ1) is 15.0. The predicted octanol–water partition coefficient (Wildman–Crippen LogP) is 4.76. The maximum absolute atomic E-state index is 14.1. The van der Waals surface area contributed by atoms with Crippen LogP contribution in [0.4, 0.5) is 14.5 Å². The molecule has 3 aromatic carbocycles. The van der Waals surface area contributed by atoms with E-state index in [1.165, 1.54) is 40.9 Å². The molecule has 31 heavy (non-hydrogen) atoms. The smallest absolute Gasteiger partial charge is 0.265 e. The lowest BCUT2D eigenvalue weighted by molar-refractivity contribution is -0.122. The molecule has 0 radical (unpaired) electrons. The highest BCUT2D eigenvalue weighted by Gasteiger charge is 2.30. The van der Waals surface area contributed by atoms with Gasteiger partial charge in [-0.05, 0) is 42.0 Å². The second-order valence-electron chi connectivity index (χ2n) is 6.89. The molecule has 0 fully saturated rings. The van der Waals surface area contributed by atoms with Crippen molar-refractivity contribution in [1.82, 2.24) is 5.32 Å². The third-order valence-electron chi connectivity index (χ3n) is 4.73. The van der Waals surface area contributed by atoms with Gasteiger partial charge < -0.3 is 5.32 Å². The Hall–Kier alpha value is -3.45. The van der Waals surface area contributed by atoms with Crippen molar-refractivity contribution in [2.75, 3.05) is 11.4 Å². The molecule has 4 nitrogen and oxygen atoms in total. The molecule has 0 spiro atoms. The van der Waals surface area contributed by atoms with Crippen molar-refractivity contribution in [1.29, 1.82) is 0 Å². The number of nitrogens with zero attached hydrogens (tertiary/aromatic N) is 1. The van der Waals surface area contributed by atoms with Gasteiger partial charge in [-0.15, -0.1) is 0 Å². The molecule has 2 amide bonds. The van der Waals surface area contributed by atoms with E-state index in [-0.39, 0.29) is 30.7 Å². The molecule has 0 unspecified atom stereocenters. The molecule has 0 saturated heterocycles. The summed E-state index contributed by atoms with van der Waals surface area (Å²) in [7, 11) is 0. The van der Waals surface area contributed by atoms with Gasteiger partial charge >= 0.3 is 0 Å². The fourth-order valence-corrected chi connectivity index (χ4v) is 4.20. The summed E-state index contributed by atoms with van der Waals surface area (Å²) in [6.07, 6.45) is 1.50. The molecule has 0 aliphatic carbocycles. The van der Waals surface area contributed by atoms with Crippen LogP contribution in [-0.2, 0) is 16.1 Å². The fourth-order valence-electron chi connectivity index (χ4n) is 3.15. The molecule has 7 heteroatoms. The second kappa shape index (κ2) is 9.14. The highest BCUT2D eigenvalue weighted by molar-refractivity contribution is 8.04. The van der Waals surface area contributed by atoms with Crippen molar-refractivity contribution >= 4 is 35.3 Å². The first kappa shape index (κ1) is 20.8. The second-order valence-corrected chi connectivity index (χ2v) is 7.98. The van der Waals surface area contributed by atoms with Gasteiger partial charge in [-0.3, -0.25) is 14.5 Å². The van der Waals surface area contributed by atoms with Gasteiger partial charge in [0.2, 0.25) is 5.91 Å². The van der Waals surface area contributed by atoms with Crippen molar-refractivity contribution < 1.29 is 18.4 Å². The van der Waals surface area contributed by atoms with Gasteiger partial charge in [0.15, 0.2) is 0 Å². The summed E-state index contributed by atoms with van der Waals surface area (Å²) < 4.78 is 27.1. The SMILES string of the molecule is O=C(CN1C(=O)C(=Cc2ccccc2F)Sc2ccccc21)NCc1ccc(F)cc1.